The first-order chi connectivity index (χ1) is 10.7. The molecule has 0 radical (unpaired) electrons. The maximum Gasteiger partial charge on any atom is 0.434 e. The smallest absolute Gasteiger partial charge is 0.313 e. The summed E-state index contributed by atoms with van der Waals surface area (Å²) >= 11 is 0. The van der Waals surface area contributed by atoms with Crippen LogP contribution in [0.25, 0.3) is 0 Å². The van der Waals surface area contributed by atoms with Crippen LogP contribution >= 0.6 is 0 Å². The van der Waals surface area contributed by atoms with Gasteiger partial charge in [0, 0.05) is 0 Å². The van der Waals surface area contributed by atoms with Crippen LogP contribution in [0.4, 0.5) is 48.3 Å². The summed E-state index contributed by atoms with van der Waals surface area (Å²) in [6, 6.07) is 0. The molecule has 13 heteroatoms. The summed E-state index contributed by atoms with van der Waals surface area (Å²) in [7, 11) is 0. The molecule has 0 N–H and O–H groups in total. The maximum absolute atomic E-state index is 14.4. The second kappa shape index (κ2) is 6.89. The summed E-state index contributed by atoms with van der Waals surface area (Å²) in [5, 5.41) is 0. The van der Waals surface area contributed by atoms with Gasteiger partial charge in [-0.15, -0.1) is 0 Å². The third kappa shape index (κ3) is 4.54. The maximum atomic E-state index is 14.4. The van der Waals surface area contributed by atoms with E-state index in [9.17, 15) is 48.3 Å². The minimum absolute atomic E-state index is 0.0845. The van der Waals surface area contributed by atoms with E-state index in [0.29, 0.717) is 0 Å². The van der Waals surface area contributed by atoms with Gasteiger partial charge >= 0.3 is 30.6 Å². The summed E-state index contributed by atoms with van der Waals surface area (Å²) < 4.78 is 150. The largest absolute Gasteiger partial charge is 0.434 e. The molecule has 0 spiro atoms. The third-order valence-corrected chi connectivity index (χ3v) is 3.08. The highest BCUT2D eigenvalue weighted by Crippen LogP contribution is 2.55. The highest BCUT2D eigenvalue weighted by atomic mass is 19.4. The Morgan fingerprint density at radius 1 is 0.800 bits per heavy atom. The minimum atomic E-state index is -6.57. The van der Waals surface area contributed by atoms with Crippen molar-refractivity contribution < 1.29 is 57.8 Å². The Morgan fingerprint density at radius 3 is 1.48 bits per heavy atom. The average Bonchev–Trinajstić information content (AvgIpc) is 2.31. The lowest BCUT2D eigenvalue weighted by Crippen LogP contribution is -2.70. The van der Waals surface area contributed by atoms with E-state index in [2.05, 4.69) is 9.47 Å². The first-order valence-corrected chi connectivity index (χ1v) is 6.24. The zero-order valence-electron chi connectivity index (χ0n) is 13.1. The Kier molecular flexibility index (Phi) is 6.59. The second-order valence-corrected chi connectivity index (χ2v) is 5.75. The second-order valence-electron chi connectivity index (χ2n) is 5.75. The summed E-state index contributed by atoms with van der Waals surface area (Å²) in [6.45, 7) is -3.95. The zero-order valence-corrected chi connectivity index (χ0v) is 13.1. The fourth-order valence-corrected chi connectivity index (χ4v) is 1.82. The Hall–Kier alpha value is -1.11. The van der Waals surface area contributed by atoms with Gasteiger partial charge in [0.1, 0.15) is 11.2 Å². The first-order valence-electron chi connectivity index (χ1n) is 6.24. The van der Waals surface area contributed by atoms with E-state index in [4.69, 9.17) is 0 Å². The third-order valence-electron chi connectivity index (χ3n) is 3.08. The van der Waals surface area contributed by atoms with E-state index >= 15 is 0 Å². The number of hydrogen-bond donors (Lipinski definition) is 0. The van der Waals surface area contributed by atoms with Gasteiger partial charge in [0.25, 0.3) is 0 Å². The molecule has 1 unspecified atom stereocenters. The molecule has 0 aromatic rings. The molecule has 0 rings (SSSR count). The summed E-state index contributed by atoms with van der Waals surface area (Å²) in [5.74, 6) is -2.70. The highest BCUT2D eigenvalue weighted by Gasteiger charge is 2.81. The van der Waals surface area contributed by atoms with Crippen molar-refractivity contribution in [3.63, 3.8) is 0 Å². The number of rotatable bonds is 7. The monoisotopic (exact) mass is 398 g/mol. The molecule has 0 aliphatic rings. The van der Waals surface area contributed by atoms with Gasteiger partial charge in [-0.25, -0.2) is 8.78 Å². The van der Waals surface area contributed by atoms with Crippen LogP contribution in [0.3, 0.4) is 0 Å². The molecule has 150 valence electrons. The van der Waals surface area contributed by atoms with Crippen LogP contribution in [0.5, 0.6) is 0 Å². The lowest BCUT2D eigenvalue weighted by molar-refractivity contribution is -0.441. The quantitative estimate of drug-likeness (QED) is 0.509. The van der Waals surface area contributed by atoms with Crippen LogP contribution in [-0.4, -0.2) is 35.8 Å². The molecular formula is C12H13F11O2. The van der Waals surface area contributed by atoms with E-state index in [1.54, 1.807) is 0 Å². The van der Waals surface area contributed by atoms with E-state index in [1.807, 2.05) is 0 Å². The van der Waals surface area contributed by atoms with E-state index < -0.39 is 47.7 Å². The van der Waals surface area contributed by atoms with Gasteiger partial charge in [0.15, 0.2) is 5.83 Å². The van der Waals surface area contributed by atoms with Gasteiger partial charge in [0.2, 0.25) is 0 Å². The fourth-order valence-electron chi connectivity index (χ4n) is 1.82. The number of alkyl halides is 8. The van der Waals surface area contributed by atoms with Crippen molar-refractivity contribution in [2.75, 3.05) is 0 Å². The van der Waals surface area contributed by atoms with Crippen LogP contribution < -0.4 is 0 Å². The van der Waals surface area contributed by atoms with Crippen LogP contribution in [-0.2, 0) is 9.47 Å². The van der Waals surface area contributed by atoms with Crippen molar-refractivity contribution in [3.05, 3.63) is 11.9 Å². The molecule has 0 saturated heterocycles. The molecule has 0 saturated carbocycles. The molecule has 0 aromatic carbocycles. The molecule has 25 heavy (non-hydrogen) atoms. The first kappa shape index (κ1) is 23.9. The van der Waals surface area contributed by atoms with Crippen molar-refractivity contribution in [1.29, 1.82) is 0 Å². The Labute approximate surface area is 134 Å². The standard InChI is InChI=1S/C12H13F11O2/c1-8(2,5(13)6(14)15)25-12(22,23)10(18,11(19,20)21)9(3,4)24-7(16)17/h7H,1-4H3. The Balaban J connectivity index is 6.27. The minimum Gasteiger partial charge on any atom is -0.313 e. The zero-order chi connectivity index (χ0) is 20.6. The van der Waals surface area contributed by atoms with Crippen molar-refractivity contribution in [2.24, 2.45) is 0 Å². The van der Waals surface area contributed by atoms with Gasteiger partial charge in [-0.2, -0.15) is 39.5 Å². The van der Waals surface area contributed by atoms with E-state index in [1.165, 1.54) is 0 Å². The van der Waals surface area contributed by atoms with Crippen LogP contribution in [0.2, 0.25) is 0 Å². The predicted molar refractivity (Wildman–Crippen MR) is 61.5 cm³/mol. The SMILES string of the molecule is CC(C)(OC(F)(F)C(F)(C(F)(F)F)C(C)(C)OC(F)F)C(F)=C(F)F. The number of ether oxygens (including phenoxy) is 2. The van der Waals surface area contributed by atoms with Gasteiger partial charge in [-0.1, -0.05) is 0 Å². The van der Waals surface area contributed by atoms with Crippen LogP contribution in [0.15, 0.2) is 11.9 Å². The van der Waals surface area contributed by atoms with Crippen LogP contribution in [0.1, 0.15) is 27.7 Å². The molecular weight excluding hydrogens is 385 g/mol. The normalized spacial score (nSPS) is 16.8. The average molecular weight is 398 g/mol. The van der Waals surface area contributed by atoms with Gasteiger partial charge in [0.05, 0.1) is 0 Å². The molecule has 0 aromatic heterocycles. The van der Waals surface area contributed by atoms with Crippen molar-refractivity contribution in [3.8, 4) is 0 Å². The molecule has 1 atom stereocenters. The molecule has 2 nitrogen and oxygen atoms in total. The van der Waals surface area contributed by atoms with Gasteiger partial charge < -0.3 is 9.47 Å². The lowest BCUT2D eigenvalue weighted by atomic mass is 9.85. The molecule has 0 amide bonds. The molecule has 0 bridgehead atoms. The summed E-state index contributed by atoms with van der Waals surface area (Å²) in [6.07, 6.45) is -15.9. The topological polar surface area (TPSA) is 18.5 Å². The lowest BCUT2D eigenvalue weighted by Gasteiger charge is -2.45. The van der Waals surface area contributed by atoms with Crippen molar-refractivity contribution in [1.82, 2.24) is 0 Å². The molecule has 0 fully saturated rings. The Morgan fingerprint density at radius 2 is 1.20 bits per heavy atom. The van der Waals surface area contributed by atoms with Crippen molar-refractivity contribution in [2.45, 2.75) is 63.5 Å². The number of hydrogen-bond acceptors (Lipinski definition) is 2. The number of halogens is 11. The van der Waals surface area contributed by atoms with E-state index in [-0.39, 0.29) is 27.7 Å². The molecule has 0 aliphatic carbocycles. The summed E-state index contributed by atoms with van der Waals surface area (Å²) in [4.78, 5) is 0. The predicted octanol–water partition coefficient (Wildman–Crippen LogP) is 5.74. The highest BCUT2D eigenvalue weighted by molar-refractivity contribution is 5.12. The molecule has 0 heterocycles. The summed E-state index contributed by atoms with van der Waals surface area (Å²) in [5.41, 5.74) is -13.3. The fraction of sp³-hybridized carbons (Fsp3) is 0.833. The van der Waals surface area contributed by atoms with Crippen molar-refractivity contribution >= 4 is 0 Å². The Bertz CT molecular complexity index is 506. The van der Waals surface area contributed by atoms with Gasteiger partial charge in [-0.05, 0) is 27.7 Å². The van der Waals surface area contributed by atoms with Crippen LogP contribution in [0, 0.1) is 0 Å². The van der Waals surface area contributed by atoms with E-state index in [0.717, 1.165) is 0 Å². The molecule has 0 aliphatic heterocycles. The van der Waals surface area contributed by atoms with Gasteiger partial charge in [-0.3, -0.25) is 0 Å².